The summed E-state index contributed by atoms with van der Waals surface area (Å²) in [6.45, 7) is 0. The maximum absolute atomic E-state index is 6.16. The molecule has 2 rings (SSSR count). The van der Waals surface area contributed by atoms with Gasteiger partial charge in [-0.2, -0.15) is 0 Å². The van der Waals surface area contributed by atoms with Crippen molar-refractivity contribution in [2.45, 2.75) is 17.4 Å². The fourth-order valence-electron chi connectivity index (χ4n) is 1.74. The molecule has 2 aromatic rings. The number of benzene rings is 1. The SMILES string of the molecule is CSc1ccc(CC(N)c2ccncc2)cc1. The summed E-state index contributed by atoms with van der Waals surface area (Å²) in [5.41, 5.74) is 8.57. The van der Waals surface area contributed by atoms with Gasteiger partial charge in [-0.3, -0.25) is 4.98 Å². The van der Waals surface area contributed by atoms with E-state index in [4.69, 9.17) is 5.73 Å². The van der Waals surface area contributed by atoms with Crippen molar-refractivity contribution in [2.24, 2.45) is 5.73 Å². The van der Waals surface area contributed by atoms with Crippen LogP contribution in [0.4, 0.5) is 0 Å². The summed E-state index contributed by atoms with van der Waals surface area (Å²) < 4.78 is 0. The lowest BCUT2D eigenvalue weighted by atomic mass is 10.0. The lowest BCUT2D eigenvalue weighted by Crippen LogP contribution is -2.13. The van der Waals surface area contributed by atoms with E-state index in [1.54, 1.807) is 24.2 Å². The Balaban J connectivity index is 2.05. The minimum absolute atomic E-state index is 0.0399. The first-order valence-electron chi connectivity index (χ1n) is 5.58. The molecule has 3 heteroatoms. The van der Waals surface area contributed by atoms with Crippen LogP contribution in [0.15, 0.2) is 53.7 Å². The molecule has 0 radical (unpaired) electrons. The van der Waals surface area contributed by atoms with Crippen molar-refractivity contribution in [3.8, 4) is 0 Å². The maximum atomic E-state index is 6.16. The summed E-state index contributed by atoms with van der Waals surface area (Å²) in [7, 11) is 0. The molecular formula is C14H16N2S. The zero-order chi connectivity index (χ0) is 12.1. The molecule has 1 aromatic heterocycles. The van der Waals surface area contributed by atoms with Crippen molar-refractivity contribution >= 4 is 11.8 Å². The number of hydrogen-bond donors (Lipinski definition) is 1. The van der Waals surface area contributed by atoms with Gasteiger partial charge < -0.3 is 5.73 Å². The molecule has 0 saturated carbocycles. The van der Waals surface area contributed by atoms with E-state index in [2.05, 4.69) is 35.5 Å². The predicted molar refractivity (Wildman–Crippen MR) is 73.1 cm³/mol. The van der Waals surface area contributed by atoms with Crippen LogP contribution in [0.2, 0.25) is 0 Å². The third-order valence-corrected chi connectivity index (χ3v) is 3.49. The number of aromatic nitrogens is 1. The van der Waals surface area contributed by atoms with Gasteiger partial charge >= 0.3 is 0 Å². The Hall–Kier alpha value is -1.32. The second-order valence-electron chi connectivity index (χ2n) is 3.94. The fourth-order valence-corrected chi connectivity index (χ4v) is 2.15. The van der Waals surface area contributed by atoms with E-state index in [-0.39, 0.29) is 6.04 Å². The Morgan fingerprint density at radius 2 is 1.76 bits per heavy atom. The van der Waals surface area contributed by atoms with E-state index >= 15 is 0 Å². The van der Waals surface area contributed by atoms with Crippen molar-refractivity contribution in [3.63, 3.8) is 0 Å². The van der Waals surface area contributed by atoms with Gasteiger partial charge in [0.1, 0.15) is 0 Å². The highest BCUT2D eigenvalue weighted by atomic mass is 32.2. The third-order valence-electron chi connectivity index (χ3n) is 2.75. The lowest BCUT2D eigenvalue weighted by Gasteiger charge is -2.11. The predicted octanol–water partition coefficient (Wildman–Crippen LogP) is 3.05. The summed E-state index contributed by atoms with van der Waals surface area (Å²) in [6, 6.07) is 12.6. The number of pyridine rings is 1. The minimum atomic E-state index is 0.0399. The molecule has 0 aliphatic heterocycles. The molecule has 1 heterocycles. The smallest absolute Gasteiger partial charge is 0.0336 e. The normalized spacial score (nSPS) is 12.4. The topological polar surface area (TPSA) is 38.9 Å². The Bertz CT molecular complexity index is 453. The molecule has 1 atom stereocenters. The average molecular weight is 244 g/mol. The molecule has 1 unspecified atom stereocenters. The summed E-state index contributed by atoms with van der Waals surface area (Å²) in [5.74, 6) is 0. The molecule has 0 spiro atoms. The Kier molecular flexibility index (Phi) is 4.18. The van der Waals surface area contributed by atoms with E-state index in [1.807, 2.05) is 12.1 Å². The van der Waals surface area contributed by atoms with Crippen LogP contribution in [0, 0.1) is 0 Å². The van der Waals surface area contributed by atoms with E-state index in [1.165, 1.54) is 10.5 Å². The van der Waals surface area contributed by atoms with Gasteiger partial charge in [-0.15, -0.1) is 11.8 Å². The van der Waals surface area contributed by atoms with Gasteiger partial charge in [0.25, 0.3) is 0 Å². The molecule has 17 heavy (non-hydrogen) atoms. The van der Waals surface area contributed by atoms with Gasteiger partial charge in [0, 0.05) is 23.3 Å². The first-order chi connectivity index (χ1) is 8.29. The quantitative estimate of drug-likeness (QED) is 0.840. The van der Waals surface area contributed by atoms with E-state index < -0.39 is 0 Å². The van der Waals surface area contributed by atoms with Gasteiger partial charge in [0.05, 0.1) is 0 Å². The van der Waals surface area contributed by atoms with Crippen molar-refractivity contribution in [1.82, 2.24) is 4.98 Å². The number of thioether (sulfide) groups is 1. The van der Waals surface area contributed by atoms with Crippen LogP contribution >= 0.6 is 11.8 Å². The molecule has 2 nitrogen and oxygen atoms in total. The first-order valence-corrected chi connectivity index (χ1v) is 6.80. The largest absolute Gasteiger partial charge is 0.324 e. The van der Waals surface area contributed by atoms with E-state index in [0.717, 1.165) is 12.0 Å². The Labute approximate surface area is 106 Å². The number of nitrogens with zero attached hydrogens (tertiary/aromatic N) is 1. The molecule has 2 N–H and O–H groups in total. The summed E-state index contributed by atoms with van der Waals surface area (Å²) in [5, 5.41) is 0. The van der Waals surface area contributed by atoms with Crippen LogP contribution in [0.5, 0.6) is 0 Å². The molecule has 0 amide bonds. The molecule has 0 bridgehead atoms. The summed E-state index contributed by atoms with van der Waals surface area (Å²) in [4.78, 5) is 5.28. The Morgan fingerprint density at radius 3 is 2.35 bits per heavy atom. The molecule has 0 aliphatic carbocycles. The molecule has 0 aliphatic rings. The van der Waals surface area contributed by atoms with Crippen molar-refractivity contribution < 1.29 is 0 Å². The second-order valence-corrected chi connectivity index (χ2v) is 4.82. The van der Waals surface area contributed by atoms with Crippen LogP contribution in [0.25, 0.3) is 0 Å². The van der Waals surface area contributed by atoms with Crippen LogP contribution < -0.4 is 5.73 Å². The zero-order valence-corrected chi connectivity index (χ0v) is 10.7. The second kappa shape index (κ2) is 5.84. The highest BCUT2D eigenvalue weighted by molar-refractivity contribution is 7.98. The van der Waals surface area contributed by atoms with Gasteiger partial charge in [0.15, 0.2) is 0 Å². The standard InChI is InChI=1S/C14H16N2S/c1-17-13-4-2-11(3-5-13)10-14(15)12-6-8-16-9-7-12/h2-9,14H,10,15H2,1H3. The summed E-state index contributed by atoms with van der Waals surface area (Å²) in [6.07, 6.45) is 6.51. The molecule has 0 fully saturated rings. The highest BCUT2D eigenvalue weighted by Gasteiger charge is 2.06. The highest BCUT2D eigenvalue weighted by Crippen LogP contribution is 2.19. The number of rotatable bonds is 4. The monoisotopic (exact) mass is 244 g/mol. The van der Waals surface area contributed by atoms with Crippen molar-refractivity contribution in [1.29, 1.82) is 0 Å². The third kappa shape index (κ3) is 3.32. The van der Waals surface area contributed by atoms with Gasteiger partial charge in [0.2, 0.25) is 0 Å². The van der Waals surface area contributed by atoms with E-state index in [9.17, 15) is 0 Å². The number of hydrogen-bond acceptors (Lipinski definition) is 3. The molecule has 0 saturated heterocycles. The van der Waals surface area contributed by atoms with Gasteiger partial charge in [-0.1, -0.05) is 12.1 Å². The average Bonchev–Trinajstić information content (AvgIpc) is 2.40. The minimum Gasteiger partial charge on any atom is -0.324 e. The van der Waals surface area contributed by atoms with Crippen molar-refractivity contribution in [3.05, 3.63) is 59.9 Å². The lowest BCUT2D eigenvalue weighted by molar-refractivity contribution is 0.720. The molecular weight excluding hydrogens is 228 g/mol. The van der Waals surface area contributed by atoms with Crippen molar-refractivity contribution in [2.75, 3.05) is 6.26 Å². The van der Waals surface area contributed by atoms with Gasteiger partial charge in [-0.05, 0) is 48.1 Å². The van der Waals surface area contributed by atoms with Crippen LogP contribution in [-0.2, 0) is 6.42 Å². The van der Waals surface area contributed by atoms with E-state index in [0.29, 0.717) is 0 Å². The van der Waals surface area contributed by atoms with Crippen LogP contribution in [0.3, 0.4) is 0 Å². The van der Waals surface area contributed by atoms with Crippen LogP contribution in [-0.4, -0.2) is 11.2 Å². The summed E-state index contributed by atoms with van der Waals surface area (Å²) >= 11 is 1.75. The molecule has 88 valence electrons. The maximum Gasteiger partial charge on any atom is 0.0336 e. The van der Waals surface area contributed by atoms with Crippen LogP contribution in [0.1, 0.15) is 17.2 Å². The number of nitrogens with two attached hydrogens (primary N) is 1. The fraction of sp³-hybridized carbons (Fsp3) is 0.214. The first kappa shape index (κ1) is 12.1. The zero-order valence-electron chi connectivity index (χ0n) is 9.84. The molecule has 1 aromatic carbocycles. The van der Waals surface area contributed by atoms with Gasteiger partial charge in [-0.25, -0.2) is 0 Å². The Morgan fingerprint density at radius 1 is 1.12 bits per heavy atom.